The van der Waals surface area contributed by atoms with Crippen molar-refractivity contribution in [2.24, 2.45) is 16.8 Å². The fourth-order valence-corrected chi connectivity index (χ4v) is 2.72. The smallest absolute Gasteiger partial charge is 0.270 e. The van der Waals surface area contributed by atoms with E-state index < -0.39 is 0 Å². The first kappa shape index (κ1) is 15.9. The van der Waals surface area contributed by atoms with Crippen molar-refractivity contribution in [3.05, 3.63) is 65.8 Å². The molecular formula is C19H18N2O3. The summed E-state index contributed by atoms with van der Waals surface area (Å²) in [7, 11) is 0. The number of carbonyl (C=O) groups is 2. The van der Waals surface area contributed by atoms with Gasteiger partial charge in [-0.15, -0.1) is 0 Å². The van der Waals surface area contributed by atoms with Gasteiger partial charge in [-0.3, -0.25) is 9.59 Å². The van der Waals surface area contributed by atoms with Crippen LogP contribution in [-0.4, -0.2) is 17.5 Å². The quantitative estimate of drug-likeness (QED) is 0.869. The lowest BCUT2D eigenvalue weighted by molar-refractivity contribution is -0.116. The molecular weight excluding hydrogens is 304 g/mol. The van der Waals surface area contributed by atoms with E-state index in [2.05, 4.69) is 24.2 Å². The monoisotopic (exact) mass is 322 g/mol. The molecule has 5 nitrogen and oxygen atoms in total. The van der Waals surface area contributed by atoms with Crippen LogP contribution in [0.15, 0.2) is 69.5 Å². The molecule has 0 saturated carbocycles. The van der Waals surface area contributed by atoms with Gasteiger partial charge in [-0.25, -0.2) is 4.99 Å². The highest BCUT2D eigenvalue weighted by atomic mass is 16.3. The van der Waals surface area contributed by atoms with Crippen LogP contribution in [0, 0.1) is 11.8 Å². The lowest BCUT2D eigenvalue weighted by Gasteiger charge is -2.29. The molecule has 24 heavy (non-hydrogen) atoms. The number of hydrogen-bond donors (Lipinski definition) is 1. The van der Waals surface area contributed by atoms with Gasteiger partial charge in [0.15, 0.2) is 0 Å². The number of amides is 2. The third kappa shape index (κ3) is 3.51. The van der Waals surface area contributed by atoms with E-state index in [1.807, 2.05) is 6.08 Å². The molecule has 0 aromatic carbocycles. The highest BCUT2D eigenvalue weighted by Crippen LogP contribution is 2.31. The molecule has 2 aliphatic rings. The maximum atomic E-state index is 11.9. The predicted molar refractivity (Wildman–Crippen MR) is 92.0 cm³/mol. The summed E-state index contributed by atoms with van der Waals surface area (Å²) in [6.45, 7) is 4.12. The number of rotatable bonds is 3. The molecule has 1 aliphatic heterocycles. The summed E-state index contributed by atoms with van der Waals surface area (Å²) in [5.74, 6) is 0.372. The summed E-state index contributed by atoms with van der Waals surface area (Å²) in [5, 5.41) is 2.83. The molecule has 0 fully saturated rings. The van der Waals surface area contributed by atoms with E-state index in [-0.39, 0.29) is 23.7 Å². The number of hydrogen-bond acceptors (Lipinski definition) is 3. The Morgan fingerprint density at radius 3 is 2.92 bits per heavy atom. The lowest BCUT2D eigenvalue weighted by Crippen LogP contribution is -2.34. The van der Waals surface area contributed by atoms with Crippen LogP contribution in [0.2, 0.25) is 0 Å². The van der Waals surface area contributed by atoms with Crippen LogP contribution in [0.3, 0.4) is 0 Å². The van der Waals surface area contributed by atoms with Crippen LogP contribution in [-0.2, 0) is 9.59 Å². The Kier molecular flexibility index (Phi) is 4.42. The highest BCUT2D eigenvalue weighted by Gasteiger charge is 2.27. The van der Waals surface area contributed by atoms with Crippen LogP contribution in [0.4, 0.5) is 0 Å². The van der Waals surface area contributed by atoms with E-state index in [1.54, 1.807) is 36.4 Å². The van der Waals surface area contributed by atoms with Gasteiger partial charge in [-0.2, -0.15) is 0 Å². The van der Waals surface area contributed by atoms with E-state index in [0.29, 0.717) is 11.5 Å². The van der Waals surface area contributed by atoms with Gasteiger partial charge >= 0.3 is 0 Å². The van der Waals surface area contributed by atoms with E-state index in [9.17, 15) is 9.59 Å². The van der Waals surface area contributed by atoms with Crippen LogP contribution in [0.5, 0.6) is 0 Å². The van der Waals surface area contributed by atoms with Crippen molar-refractivity contribution in [2.45, 2.75) is 13.8 Å². The summed E-state index contributed by atoms with van der Waals surface area (Å²) in [6.07, 6.45) is 11.6. The minimum absolute atomic E-state index is 0.0374. The first-order valence-electron chi connectivity index (χ1n) is 7.79. The Morgan fingerprint density at radius 1 is 1.38 bits per heavy atom. The van der Waals surface area contributed by atoms with Crippen LogP contribution >= 0.6 is 0 Å². The largest absolute Gasteiger partial charge is 0.465 e. The first-order chi connectivity index (χ1) is 11.5. The molecule has 1 unspecified atom stereocenters. The normalized spacial score (nSPS) is 21.7. The third-order valence-electron chi connectivity index (χ3n) is 3.86. The molecule has 1 atom stereocenters. The van der Waals surface area contributed by atoms with E-state index in [0.717, 1.165) is 11.3 Å². The van der Waals surface area contributed by atoms with Gasteiger partial charge in [0, 0.05) is 23.8 Å². The molecule has 0 radical (unpaired) electrons. The fourth-order valence-electron chi connectivity index (χ4n) is 2.72. The maximum absolute atomic E-state index is 11.9. The number of nitrogens with one attached hydrogen (secondary N) is 1. The zero-order valence-electron chi connectivity index (χ0n) is 13.5. The molecule has 5 heteroatoms. The van der Waals surface area contributed by atoms with E-state index in [1.165, 1.54) is 12.3 Å². The molecule has 0 spiro atoms. The van der Waals surface area contributed by atoms with Crippen molar-refractivity contribution < 1.29 is 14.0 Å². The second-order valence-corrected chi connectivity index (χ2v) is 5.95. The van der Waals surface area contributed by atoms with Crippen LogP contribution < -0.4 is 5.32 Å². The average molecular weight is 322 g/mol. The van der Waals surface area contributed by atoms with Crippen molar-refractivity contribution in [2.75, 3.05) is 0 Å². The molecule has 1 aromatic heterocycles. The molecule has 3 rings (SSSR count). The Balaban J connectivity index is 1.78. The van der Waals surface area contributed by atoms with Gasteiger partial charge < -0.3 is 9.73 Å². The minimum Gasteiger partial charge on any atom is -0.465 e. The second kappa shape index (κ2) is 6.66. The Hall–Kier alpha value is -2.95. The van der Waals surface area contributed by atoms with Crippen LogP contribution in [0.1, 0.15) is 19.6 Å². The fraction of sp³-hybridized carbons (Fsp3) is 0.211. The third-order valence-corrected chi connectivity index (χ3v) is 3.86. The van der Waals surface area contributed by atoms with Crippen molar-refractivity contribution in [3.8, 4) is 0 Å². The molecule has 2 amide bonds. The number of furan rings is 1. The minimum atomic E-state index is -0.386. The predicted octanol–water partition coefficient (Wildman–Crippen LogP) is 3.04. The number of nitrogens with zero attached hydrogens (tertiary/aromatic N) is 1. The summed E-state index contributed by atoms with van der Waals surface area (Å²) in [5.41, 5.74) is 2.33. The number of aliphatic imine (C=N–C) groups is 1. The van der Waals surface area contributed by atoms with Crippen molar-refractivity contribution in [1.29, 1.82) is 0 Å². The lowest BCUT2D eigenvalue weighted by atomic mass is 9.82. The molecule has 0 bridgehead atoms. The topological polar surface area (TPSA) is 71.7 Å². The Bertz CT molecular complexity index is 806. The van der Waals surface area contributed by atoms with Crippen molar-refractivity contribution in [1.82, 2.24) is 5.32 Å². The van der Waals surface area contributed by atoms with Crippen molar-refractivity contribution >= 4 is 23.6 Å². The van der Waals surface area contributed by atoms with Crippen molar-refractivity contribution in [3.63, 3.8) is 0 Å². The van der Waals surface area contributed by atoms with E-state index in [4.69, 9.17) is 4.42 Å². The molecule has 2 heterocycles. The van der Waals surface area contributed by atoms with Gasteiger partial charge in [0.2, 0.25) is 5.91 Å². The summed E-state index contributed by atoms with van der Waals surface area (Å²) in [4.78, 5) is 27.8. The first-order valence-corrected chi connectivity index (χ1v) is 7.79. The summed E-state index contributed by atoms with van der Waals surface area (Å²) < 4.78 is 5.12. The highest BCUT2D eigenvalue weighted by molar-refractivity contribution is 6.13. The average Bonchev–Trinajstić information content (AvgIpc) is 3.05. The number of fused-ring (bicyclic) bond motifs is 1. The van der Waals surface area contributed by atoms with Gasteiger partial charge in [0.25, 0.3) is 5.91 Å². The standard InChI is InChI=1S/C19H18N2O3/c1-12(2)16-11-19(23)21-17-10-13(5-7-15(16)17)20-18(22)8-6-14-4-3-9-24-14/h3-12,15H,1-2H3,(H,21,23)/b8-6+,20-13?. The summed E-state index contributed by atoms with van der Waals surface area (Å²) >= 11 is 0. The summed E-state index contributed by atoms with van der Waals surface area (Å²) in [6, 6.07) is 3.50. The Labute approximate surface area is 140 Å². The zero-order chi connectivity index (χ0) is 17.1. The molecule has 1 aliphatic carbocycles. The SMILES string of the molecule is CC(C)C1=CC(=O)NC2=CC(=NC(=O)/C=C/c3ccco3)C=CC21. The van der Waals surface area contributed by atoms with Gasteiger partial charge in [-0.05, 0) is 41.9 Å². The van der Waals surface area contributed by atoms with E-state index >= 15 is 0 Å². The molecule has 1 N–H and O–H groups in total. The van der Waals surface area contributed by atoms with Crippen LogP contribution in [0.25, 0.3) is 6.08 Å². The number of allylic oxidation sites excluding steroid dienone is 3. The van der Waals surface area contributed by atoms with Gasteiger partial charge in [0.1, 0.15) is 5.76 Å². The zero-order valence-corrected chi connectivity index (χ0v) is 13.5. The maximum Gasteiger partial charge on any atom is 0.270 e. The molecule has 0 saturated heterocycles. The second-order valence-electron chi connectivity index (χ2n) is 5.95. The Morgan fingerprint density at radius 2 is 2.21 bits per heavy atom. The van der Waals surface area contributed by atoms with Gasteiger partial charge in [0.05, 0.1) is 12.0 Å². The van der Waals surface area contributed by atoms with Gasteiger partial charge in [-0.1, -0.05) is 19.9 Å². The molecule has 1 aromatic rings. The molecule has 122 valence electrons. The number of carbonyl (C=O) groups excluding carboxylic acids is 2.